The van der Waals surface area contributed by atoms with Crippen molar-refractivity contribution in [2.75, 3.05) is 5.32 Å². The van der Waals surface area contributed by atoms with Crippen molar-refractivity contribution in [2.45, 2.75) is 18.9 Å². The number of nitrogens with zero attached hydrogens (tertiary/aromatic N) is 1. The van der Waals surface area contributed by atoms with Crippen LogP contribution in [-0.2, 0) is 0 Å². The minimum Gasteiger partial charge on any atom is -0.331 e. The molecule has 3 aromatic rings. The fourth-order valence-electron chi connectivity index (χ4n) is 3.10. The summed E-state index contributed by atoms with van der Waals surface area (Å²) in [5.41, 5.74) is 1.87. The molecule has 2 aromatic carbocycles. The highest BCUT2D eigenvalue weighted by Gasteiger charge is 2.33. The third kappa shape index (κ3) is 3.59. The van der Waals surface area contributed by atoms with E-state index in [1.54, 1.807) is 12.4 Å². The summed E-state index contributed by atoms with van der Waals surface area (Å²) in [6, 6.07) is 15.2. The van der Waals surface area contributed by atoms with Crippen LogP contribution in [0, 0.1) is 5.92 Å². The Morgan fingerprint density at radius 3 is 2.68 bits per heavy atom. The molecule has 0 unspecified atom stereocenters. The van der Waals surface area contributed by atoms with E-state index >= 15 is 0 Å². The molecule has 1 aromatic heterocycles. The van der Waals surface area contributed by atoms with Gasteiger partial charge in [0, 0.05) is 28.2 Å². The molecule has 4 nitrogen and oxygen atoms in total. The van der Waals surface area contributed by atoms with Crippen molar-refractivity contribution in [3.05, 3.63) is 71.5 Å². The average molecular weight is 352 g/mol. The maximum Gasteiger partial charge on any atom is 0.319 e. The number of halogens is 1. The number of rotatable bonds is 4. The molecule has 1 aliphatic rings. The zero-order chi connectivity index (χ0) is 17.2. The van der Waals surface area contributed by atoms with Gasteiger partial charge in [0.15, 0.2) is 0 Å². The van der Waals surface area contributed by atoms with Crippen molar-refractivity contribution in [3.63, 3.8) is 0 Å². The number of nitrogens with one attached hydrogen (secondary N) is 2. The van der Waals surface area contributed by atoms with Crippen LogP contribution < -0.4 is 10.6 Å². The van der Waals surface area contributed by atoms with Gasteiger partial charge in [0.25, 0.3) is 0 Å². The number of amides is 2. The molecule has 1 atom stereocenters. The van der Waals surface area contributed by atoms with Crippen molar-refractivity contribution in [2.24, 2.45) is 5.92 Å². The molecule has 1 saturated carbocycles. The number of pyridine rings is 1. The lowest BCUT2D eigenvalue weighted by Gasteiger charge is -2.19. The van der Waals surface area contributed by atoms with E-state index in [2.05, 4.69) is 15.6 Å². The van der Waals surface area contributed by atoms with Crippen LogP contribution in [0.25, 0.3) is 10.8 Å². The molecule has 2 amide bonds. The Balaban J connectivity index is 1.53. The molecule has 1 aliphatic carbocycles. The van der Waals surface area contributed by atoms with Crippen LogP contribution in [0.1, 0.15) is 24.4 Å². The molecular weight excluding hydrogens is 334 g/mol. The van der Waals surface area contributed by atoms with E-state index in [0.717, 1.165) is 34.9 Å². The fraction of sp³-hybridized carbons (Fsp3) is 0.200. The number of hydrogen-bond acceptors (Lipinski definition) is 2. The Bertz CT molecular complexity index is 901. The molecule has 0 aliphatic heterocycles. The topological polar surface area (TPSA) is 54.0 Å². The molecule has 5 heteroatoms. The molecule has 1 fully saturated rings. The monoisotopic (exact) mass is 351 g/mol. The summed E-state index contributed by atoms with van der Waals surface area (Å²) in [4.78, 5) is 16.7. The van der Waals surface area contributed by atoms with Crippen LogP contribution in [0.2, 0.25) is 5.02 Å². The van der Waals surface area contributed by atoms with Gasteiger partial charge in [-0.05, 0) is 48.6 Å². The predicted molar refractivity (Wildman–Crippen MR) is 101 cm³/mol. The smallest absolute Gasteiger partial charge is 0.319 e. The Kier molecular flexibility index (Phi) is 4.28. The molecule has 25 heavy (non-hydrogen) atoms. The van der Waals surface area contributed by atoms with E-state index in [4.69, 9.17) is 11.6 Å². The van der Waals surface area contributed by atoms with Crippen LogP contribution in [-0.4, -0.2) is 11.0 Å². The largest absolute Gasteiger partial charge is 0.331 e. The molecule has 126 valence electrons. The summed E-state index contributed by atoms with van der Waals surface area (Å²) in [6.45, 7) is 0. The quantitative estimate of drug-likeness (QED) is 0.682. The van der Waals surface area contributed by atoms with Crippen molar-refractivity contribution >= 4 is 34.1 Å². The minimum atomic E-state index is -0.198. The lowest BCUT2D eigenvalue weighted by molar-refractivity contribution is 0.247. The number of hydrogen-bond donors (Lipinski definition) is 2. The van der Waals surface area contributed by atoms with E-state index in [1.165, 1.54) is 0 Å². The summed E-state index contributed by atoms with van der Waals surface area (Å²) in [5, 5.41) is 8.77. The van der Waals surface area contributed by atoms with Crippen molar-refractivity contribution in [1.82, 2.24) is 10.3 Å². The van der Waals surface area contributed by atoms with Crippen molar-refractivity contribution < 1.29 is 4.79 Å². The van der Waals surface area contributed by atoms with E-state index in [9.17, 15) is 4.79 Å². The second kappa shape index (κ2) is 6.73. The average Bonchev–Trinajstić information content (AvgIpc) is 3.46. The number of anilines is 1. The van der Waals surface area contributed by atoms with Gasteiger partial charge in [0.05, 0.1) is 11.7 Å². The minimum absolute atomic E-state index is 0.00825. The maximum absolute atomic E-state index is 12.6. The van der Waals surface area contributed by atoms with Gasteiger partial charge in [-0.25, -0.2) is 4.79 Å². The SMILES string of the molecule is O=C(Nc1cccc2cnccc12)N[C@H](c1ccc(Cl)cc1)C1CC1. The molecule has 1 heterocycles. The lowest BCUT2D eigenvalue weighted by Crippen LogP contribution is -2.33. The van der Waals surface area contributed by atoms with E-state index < -0.39 is 0 Å². The lowest BCUT2D eigenvalue weighted by atomic mass is 10.0. The first-order chi connectivity index (χ1) is 12.2. The number of aromatic nitrogens is 1. The molecular formula is C20H18ClN3O. The molecule has 0 radical (unpaired) electrons. The number of fused-ring (bicyclic) bond motifs is 1. The van der Waals surface area contributed by atoms with Gasteiger partial charge < -0.3 is 10.6 Å². The van der Waals surface area contributed by atoms with Gasteiger partial charge in [0.1, 0.15) is 0 Å². The summed E-state index contributed by atoms with van der Waals surface area (Å²) in [5.74, 6) is 0.489. The third-order valence-electron chi connectivity index (χ3n) is 4.54. The van der Waals surface area contributed by atoms with Crippen LogP contribution in [0.3, 0.4) is 0 Å². The number of benzene rings is 2. The molecule has 0 spiro atoms. The van der Waals surface area contributed by atoms with Crippen LogP contribution in [0.15, 0.2) is 60.9 Å². The van der Waals surface area contributed by atoms with Gasteiger partial charge in [-0.3, -0.25) is 4.98 Å². The normalized spacial score (nSPS) is 14.9. The zero-order valence-electron chi connectivity index (χ0n) is 13.6. The first-order valence-electron chi connectivity index (χ1n) is 8.36. The van der Waals surface area contributed by atoms with Crippen LogP contribution >= 0.6 is 11.6 Å². The Labute approximate surface area is 151 Å². The second-order valence-electron chi connectivity index (χ2n) is 6.37. The Morgan fingerprint density at radius 2 is 1.92 bits per heavy atom. The highest BCUT2D eigenvalue weighted by atomic mass is 35.5. The van der Waals surface area contributed by atoms with E-state index in [-0.39, 0.29) is 12.1 Å². The standard InChI is InChI=1S/C20H18ClN3O/c21-16-8-6-14(7-9-16)19(13-4-5-13)24-20(25)23-18-3-1-2-15-12-22-11-10-17(15)18/h1-3,6-13,19H,4-5H2,(H2,23,24,25)/t19-/m0/s1. The van der Waals surface area contributed by atoms with Gasteiger partial charge in [-0.15, -0.1) is 0 Å². The zero-order valence-corrected chi connectivity index (χ0v) is 14.3. The highest BCUT2D eigenvalue weighted by Crippen LogP contribution is 2.41. The summed E-state index contributed by atoms with van der Waals surface area (Å²) < 4.78 is 0. The van der Waals surface area contributed by atoms with Crippen LogP contribution in [0.4, 0.5) is 10.5 Å². The fourth-order valence-corrected chi connectivity index (χ4v) is 3.23. The van der Waals surface area contributed by atoms with E-state index in [0.29, 0.717) is 10.9 Å². The molecule has 0 bridgehead atoms. The van der Waals surface area contributed by atoms with Crippen molar-refractivity contribution in [3.8, 4) is 0 Å². The van der Waals surface area contributed by atoms with Crippen LogP contribution in [0.5, 0.6) is 0 Å². The van der Waals surface area contributed by atoms with Gasteiger partial charge >= 0.3 is 6.03 Å². The highest BCUT2D eigenvalue weighted by molar-refractivity contribution is 6.30. The number of carbonyl (C=O) groups excluding carboxylic acids is 1. The summed E-state index contributed by atoms with van der Waals surface area (Å²) in [7, 11) is 0. The second-order valence-corrected chi connectivity index (χ2v) is 6.80. The Morgan fingerprint density at radius 1 is 1.12 bits per heavy atom. The first-order valence-corrected chi connectivity index (χ1v) is 8.74. The number of urea groups is 1. The molecule has 2 N–H and O–H groups in total. The molecule has 4 rings (SSSR count). The third-order valence-corrected chi connectivity index (χ3v) is 4.79. The summed E-state index contributed by atoms with van der Waals surface area (Å²) >= 11 is 5.98. The molecule has 0 saturated heterocycles. The van der Waals surface area contributed by atoms with Gasteiger partial charge in [0.2, 0.25) is 0 Å². The van der Waals surface area contributed by atoms with Crippen molar-refractivity contribution in [1.29, 1.82) is 0 Å². The maximum atomic E-state index is 12.6. The van der Waals surface area contributed by atoms with Gasteiger partial charge in [-0.2, -0.15) is 0 Å². The Hall–Kier alpha value is -2.59. The van der Waals surface area contributed by atoms with E-state index in [1.807, 2.05) is 48.5 Å². The first kappa shape index (κ1) is 15.9. The predicted octanol–water partition coefficient (Wildman–Crippen LogP) is 5.16. The summed E-state index contributed by atoms with van der Waals surface area (Å²) in [6.07, 6.45) is 5.78. The number of carbonyl (C=O) groups is 1. The van der Waals surface area contributed by atoms with Gasteiger partial charge in [-0.1, -0.05) is 35.9 Å².